The number of hydrogen-bond donors (Lipinski definition) is 2. The third kappa shape index (κ3) is 7.33. The fraction of sp³-hybridized carbons (Fsp3) is 0.444. The van der Waals surface area contributed by atoms with Crippen molar-refractivity contribution < 1.29 is 28.7 Å². The molecule has 2 aromatic heterocycles. The molecule has 0 radical (unpaired) electrons. The van der Waals surface area contributed by atoms with E-state index in [1.54, 1.807) is 19.1 Å². The van der Waals surface area contributed by atoms with E-state index in [-0.39, 0.29) is 48.9 Å². The Balaban J connectivity index is 0.889. The van der Waals surface area contributed by atoms with Gasteiger partial charge in [0.25, 0.3) is 5.91 Å². The van der Waals surface area contributed by atoms with Gasteiger partial charge in [-0.15, -0.1) is 0 Å². The summed E-state index contributed by atoms with van der Waals surface area (Å²) in [7, 11) is 0. The number of nitrogens with two attached hydrogens (primary N) is 1. The molecule has 2 unspecified atom stereocenters. The molecule has 0 saturated carbocycles. The van der Waals surface area contributed by atoms with Gasteiger partial charge in [0, 0.05) is 106 Å². The lowest BCUT2D eigenvalue weighted by atomic mass is 9.81. The molecule has 4 aromatic rings. The van der Waals surface area contributed by atoms with Crippen molar-refractivity contribution in [3.05, 3.63) is 76.9 Å². The number of rotatable bonds is 7. The van der Waals surface area contributed by atoms with Crippen LogP contribution in [-0.4, -0.2) is 92.8 Å². The van der Waals surface area contributed by atoms with Crippen LogP contribution < -0.4 is 16.0 Å². The maximum atomic E-state index is 13.3. The second kappa shape index (κ2) is 15.9. The average molecular weight is 797 g/mol. The number of imidazole rings is 1. The lowest BCUT2D eigenvalue weighted by molar-refractivity contribution is -0.137. The second-order valence-corrected chi connectivity index (χ2v) is 16.4. The lowest BCUT2D eigenvalue weighted by Crippen LogP contribution is -2.52. The number of carbonyl (C=O) groups excluding carboxylic acids is 5. The Hall–Kier alpha value is -6.07. The maximum Gasteiger partial charge on any atom is 0.255 e. The zero-order valence-electron chi connectivity index (χ0n) is 33.2. The van der Waals surface area contributed by atoms with Crippen LogP contribution in [0.15, 0.2) is 48.7 Å². The molecule has 7 heterocycles. The maximum absolute atomic E-state index is 13.3. The minimum absolute atomic E-state index is 0.0643. The summed E-state index contributed by atoms with van der Waals surface area (Å²) in [6.45, 7) is 6.75. The minimum Gasteiger partial charge on any atom is -0.381 e. The third-order valence-corrected chi connectivity index (χ3v) is 13.0. The summed E-state index contributed by atoms with van der Waals surface area (Å²) < 4.78 is 8.01. The number of primary amides is 1. The normalized spacial score (nSPS) is 20.5. The van der Waals surface area contributed by atoms with Gasteiger partial charge in [-0.2, -0.15) is 0 Å². The van der Waals surface area contributed by atoms with Crippen LogP contribution in [-0.2, 0) is 43.5 Å². The lowest BCUT2D eigenvalue weighted by Gasteiger charge is -2.36. The average Bonchev–Trinajstić information content (AvgIpc) is 3.80. The molecule has 304 valence electrons. The predicted molar refractivity (Wildman–Crippen MR) is 218 cm³/mol. The Morgan fingerprint density at radius 2 is 1.78 bits per heavy atom. The van der Waals surface area contributed by atoms with Crippen molar-refractivity contribution in [2.45, 2.75) is 83.5 Å². The van der Waals surface area contributed by atoms with Gasteiger partial charge < -0.3 is 29.7 Å². The number of amides is 5. The fourth-order valence-corrected chi connectivity index (χ4v) is 9.71. The molecule has 3 fully saturated rings. The Bertz CT molecular complexity index is 2430. The molecule has 14 heteroatoms. The van der Waals surface area contributed by atoms with Crippen molar-refractivity contribution in [2.75, 3.05) is 37.7 Å². The van der Waals surface area contributed by atoms with Crippen molar-refractivity contribution in [1.82, 2.24) is 29.7 Å². The van der Waals surface area contributed by atoms with Crippen molar-refractivity contribution in [3.8, 4) is 23.1 Å². The molecule has 2 aromatic carbocycles. The van der Waals surface area contributed by atoms with Crippen LogP contribution >= 0.6 is 0 Å². The standard InChI is InChI=1S/C45H48N8O6/c1-27(54)51-20-21-52-39(26-51)41(49-43(52)30-15-22-59-23-16-30)34-12-17-47-37-24-31(8-9-33(34)37)50-18-13-29(14-19-50)32(42(46)56)6-2-4-28-5-3-7-35-36(28)25-53(45(35)58)38-10-11-40(55)48-44(38)57/h3,5,7-9,12,17,24,29-30,32,38H,6,10-11,13-16,18-23,25-26H2,1H3,(H2,46,56)(H,48,55,57). The summed E-state index contributed by atoms with van der Waals surface area (Å²) in [4.78, 5) is 78.6. The summed E-state index contributed by atoms with van der Waals surface area (Å²) in [6.07, 6.45) is 6.04. The van der Waals surface area contributed by atoms with Gasteiger partial charge in [0.05, 0.1) is 29.4 Å². The van der Waals surface area contributed by atoms with Crippen LogP contribution in [0.25, 0.3) is 22.2 Å². The van der Waals surface area contributed by atoms with E-state index in [2.05, 4.69) is 44.8 Å². The molecule has 3 saturated heterocycles. The smallest absolute Gasteiger partial charge is 0.255 e. The number of aromatic nitrogens is 3. The van der Waals surface area contributed by atoms with Crippen LogP contribution in [0.1, 0.15) is 90.8 Å². The molecule has 0 bridgehead atoms. The number of piperidine rings is 2. The number of pyridine rings is 1. The van der Waals surface area contributed by atoms with Crippen molar-refractivity contribution in [1.29, 1.82) is 0 Å². The molecule has 5 aliphatic heterocycles. The number of imide groups is 1. The molecule has 5 amide bonds. The highest BCUT2D eigenvalue weighted by Gasteiger charge is 2.40. The summed E-state index contributed by atoms with van der Waals surface area (Å²) in [6, 6.07) is 13.1. The molecule has 9 rings (SSSR count). The van der Waals surface area contributed by atoms with Crippen LogP contribution in [0.4, 0.5) is 5.69 Å². The number of hydrogen-bond acceptors (Lipinski definition) is 9. The molecule has 2 atom stereocenters. The van der Waals surface area contributed by atoms with Gasteiger partial charge >= 0.3 is 0 Å². The van der Waals surface area contributed by atoms with Crippen LogP contribution in [0.5, 0.6) is 0 Å². The highest BCUT2D eigenvalue weighted by Crippen LogP contribution is 2.38. The topological polar surface area (TPSA) is 173 Å². The van der Waals surface area contributed by atoms with Crippen LogP contribution in [0.2, 0.25) is 0 Å². The number of carbonyl (C=O) groups is 5. The summed E-state index contributed by atoms with van der Waals surface area (Å²) in [5.74, 6) is 6.13. The van der Waals surface area contributed by atoms with E-state index in [1.807, 2.05) is 23.2 Å². The van der Waals surface area contributed by atoms with Gasteiger partial charge in [0.15, 0.2) is 0 Å². The number of benzene rings is 2. The molecular formula is C45H48N8O6. The Labute approximate surface area is 342 Å². The fourth-order valence-electron chi connectivity index (χ4n) is 9.71. The number of nitrogens with zero attached hydrogens (tertiary/aromatic N) is 6. The first-order chi connectivity index (χ1) is 28.6. The van der Waals surface area contributed by atoms with E-state index >= 15 is 0 Å². The molecule has 59 heavy (non-hydrogen) atoms. The van der Waals surface area contributed by atoms with Gasteiger partial charge in [0.1, 0.15) is 11.9 Å². The highest BCUT2D eigenvalue weighted by atomic mass is 16.5. The van der Waals surface area contributed by atoms with Crippen molar-refractivity contribution in [2.24, 2.45) is 17.6 Å². The molecule has 3 N–H and O–H groups in total. The summed E-state index contributed by atoms with van der Waals surface area (Å²) in [5, 5.41) is 3.35. The first kappa shape index (κ1) is 38.4. The first-order valence-corrected chi connectivity index (χ1v) is 20.8. The number of nitrogens with one attached hydrogen (secondary N) is 1. The van der Waals surface area contributed by atoms with E-state index in [4.69, 9.17) is 20.4 Å². The summed E-state index contributed by atoms with van der Waals surface area (Å²) >= 11 is 0. The molecular weight excluding hydrogens is 749 g/mol. The van der Waals surface area contributed by atoms with Gasteiger partial charge in [-0.05, 0) is 73.9 Å². The molecule has 0 aliphatic carbocycles. The summed E-state index contributed by atoms with van der Waals surface area (Å²) in [5.41, 5.74) is 12.8. The zero-order chi connectivity index (χ0) is 40.8. The van der Waals surface area contributed by atoms with Gasteiger partial charge in [-0.3, -0.25) is 34.3 Å². The van der Waals surface area contributed by atoms with Gasteiger partial charge in [0.2, 0.25) is 23.6 Å². The van der Waals surface area contributed by atoms with Crippen LogP contribution in [0.3, 0.4) is 0 Å². The van der Waals surface area contributed by atoms with Crippen molar-refractivity contribution in [3.63, 3.8) is 0 Å². The highest BCUT2D eigenvalue weighted by molar-refractivity contribution is 6.05. The Kier molecular flexibility index (Phi) is 10.4. The van der Waals surface area contributed by atoms with Crippen molar-refractivity contribution >= 4 is 46.1 Å². The van der Waals surface area contributed by atoms with Crippen LogP contribution in [0, 0.1) is 23.7 Å². The van der Waals surface area contributed by atoms with Gasteiger partial charge in [-0.25, -0.2) is 4.98 Å². The Morgan fingerprint density at radius 3 is 2.54 bits per heavy atom. The molecule has 0 spiro atoms. The SMILES string of the molecule is CC(=O)N1CCn2c(C3CCOCC3)nc(-c3ccnc4cc(N5CCC(C(CC#Cc6cccc7c6CN(C6CCC(=O)NC6=O)C7=O)C(N)=O)CC5)ccc34)c2C1. The van der Waals surface area contributed by atoms with E-state index in [9.17, 15) is 24.0 Å². The van der Waals surface area contributed by atoms with E-state index in [0.717, 1.165) is 103 Å². The number of fused-ring (bicyclic) bond motifs is 3. The largest absolute Gasteiger partial charge is 0.381 e. The Morgan fingerprint density at radius 1 is 0.966 bits per heavy atom. The quantitative estimate of drug-likeness (QED) is 0.208. The predicted octanol–water partition coefficient (Wildman–Crippen LogP) is 3.88. The monoisotopic (exact) mass is 796 g/mol. The van der Waals surface area contributed by atoms with Gasteiger partial charge in [-0.1, -0.05) is 24.0 Å². The molecule has 5 aliphatic rings. The van der Waals surface area contributed by atoms with E-state index in [1.165, 1.54) is 4.90 Å². The zero-order valence-corrected chi connectivity index (χ0v) is 33.2. The van der Waals surface area contributed by atoms with E-state index in [0.29, 0.717) is 36.6 Å². The third-order valence-electron chi connectivity index (χ3n) is 13.0. The minimum atomic E-state index is -0.702. The van der Waals surface area contributed by atoms with E-state index < -0.39 is 17.9 Å². The first-order valence-electron chi connectivity index (χ1n) is 20.8. The number of ether oxygens (including phenoxy) is 1. The number of anilines is 1. The second-order valence-electron chi connectivity index (χ2n) is 16.4. The molecule has 14 nitrogen and oxygen atoms in total.